The van der Waals surface area contributed by atoms with Crippen LogP contribution in [-0.4, -0.2) is 16.6 Å². The van der Waals surface area contributed by atoms with Crippen molar-refractivity contribution in [2.45, 2.75) is 12.5 Å². The molecule has 0 saturated heterocycles. The second-order valence-electron chi connectivity index (χ2n) is 3.06. The van der Waals surface area contributed by atoms with Crippen LogP contribution in [-0.2, 0) is 5.54 Å². The van der Waals surface area contributed by atoms with E-state index in [0.29, 0.717) is 5.56 Å². The van der Waals surface area contributed by atoms with Crippen LogP contribution in [0.2, 0.25) is 0 Å². The molecule has 0 fully saturated rings. The average molecular weight is 181 g/mol. The van der Waals surface area contributed by atoms with Gasteiger partial charge in [0.05, 0.1) is 0 Å². The van der Waals surface area contributed by atoms with E-state index in [2.05, 4.69) is 0 Å². The second-order valence-corrected chi connectivity index (χ2v) is 3.06. The van der Waals surface area contributed by atoms with Gasteiger partial charge in [0.15, 0.2) is 0 Å². The first-order chi connectivity index (χ1) is 6.11. The van der Waals surface area contributed by atoms with Crippen LogP contribution in [0.3, 0.4) is 0 Å². The van der Waals surface area contributed by atoms with Crippen molar-refractivity contribution in [1.29, 1.82) is 0 Å². The van der Waals surface area contributed by atoms with Gasteiger partial charge in [-0.15, -0.1) is 0 Å². The number of nitro groups is 1. The highest BCUT2D eigenvalue weighted by atomic mass is 16.6. The third-order valence-electron chi connectivity index (χ3n) is 2.11. The van der Waals surface area contributed by atoms with Crippen LogP contribution in [0, 0.1) is 10.1 Å². The summed E-state index contributed by atoms with van der Waals surface area (Å²) >= 11 is 0. The first-order valence-corrected chi connectivity index (χ1v) is 3.92. The topological polar surface area (TPSA) is 63.4 Å². The van der Waals surface area contributed by atoms with Crippen LogP contribution in [0.25, 0.3) is 0 Å². The largest absolute Gasteiger partial charge is 0.389 e. The molecule has 0 aliphatic rings. The predicted octanol–water partition coefficient (Wildman–Crippen LogP) is 1.17. The normalized spacial score (nSPS) is 14.9. The van der Waals surface area contributed by atoms with Crippen LogP contribution < -0.4 is 0 Å². The molecule has 70 valence electrons. The summed E-state index contributed by atoms with van der Waals surface area (Å²) in [6.45, 7) is 0.909. The molecule has 1 N–H and O–H groups in total. The highest BCUT2D eigenvalue weighted by molar-refractivity contribution is 5.21. The Labute approximate surface area is 76.0 Å². The fourth-order valence-corrected chi connectivity index (χ4v) is 1.05. The molecule has 0 aliphatic carbocycles. The van der Waals surface area contributed by atoms with Crippen LogP contribution in [0.1, 0.15) is 12.5 Å². The highest BCUT2D eigenvalue weighted by Gasteiger charge is 2.38. The number of nitrogens with zero attached hydrogens (tertiary/aromatic N) is 1. The molecule has 1 unspecified atom stereocenters. The lowest BCUT2D eigenvalue weighted by molar-refractivity contribution is -0.578. The zero-order valence-corrected chi connectivity index (χ0v) is 7.30. The van der Waals surface area contributed by atoms with E-state index in [1.165, 1.54) is 6.92 Å². The molecule has 1 atom stereocenters. The van der Waals surface area contributed by atoms with Gasteiger partial charge in [-0.3, -0.25) is 10.1 Å². The first kappa shape index (κ1) is 9.67. The van der Waals surface area contributed by atoms with E-state index < -0.39 is 17.1 Å². The van der Waals surface area contributed by atoms with Crippen molar-refractivity contribution in [3.8, 4) is 0 Å². The molecule has 4 heteroatoms. The number of benzene rings is 1. The summed E-state index contributed by atoms with van der Waals surface area (Å²) in [5.41, 5.74) is -0.871. The molecule has 0 radical (unpaired) electrons. The molecule has 0 aliphatic heterocycles. The Kier molecular flexibility index (Phi) is 2.63. The zero-order valence-electron chi connectivity index (χ0n) is 7.30. The Morgan fingerprint density at radius 1 is 1.46 bits per heavy atom. The Hall–Kier alpha value is -1.42. The maximum absolute atomic E-state index is 10.7. The maximum Gasteiger partial charge on any atom is 0.266 e. The summed E-state index contributed by atoms with van der Waals surface area (Å²) in [7, 11) is 0. The molecule has 4 nitrogen and oxygen atoms in total. The monoisotopic (exact) mass is 181 g/mol. The van der Waals surface area contributed by atoms with Crippen LogP contribution in [0.5, 0.6) is 0 Å². The van der Waals surface area contributed by atoms with Gasteiger partial charge in [-0.1, -0.05) is 30.3 Å². The minimum atomic E-state index is -1.39. The summed E-state index contributed by atoms with van der Waals surface area (Å²) in [5, 5.41) is 19.7. The summed E-state index contributed by atoms with van der Waals surface area (Å²) in [5.74, 6) is 0. The molecular formula is C9H11NO3. The van der Waals surface area contributed by atoms with Gasteiger partial charge in [0.2, 0.25) is 0 Å². The third-order valence-corrected chi connectivity index (χ3v) is 2.11. The molecule has 0 saturated carbocycles. The van der Waals surface area contributed by atoms with E-state index in [1.807, 2.05) is 0 Å². The number of rotatable bonds is 3. The van der Waals surface area contributed by atoms with Crippen LogP contribution >= 0.6 is 0 Å². The Bertz CT molecular complexity index is 299. The summed E-state index contributed by atoms with van der Waals surface area (Å²) < 4.78 is 0. The zero-order chi connectivity index (χ0) is 9.90. The van der Waals surface area contributed by atoms with Gasteiger partial charge in [-0.2, -0.15) is 0 Å². The maximum atomic E-state index is 10.7. The van der Waals surface area contributed by atoms with Crippen LogP contribution in [0.4, 0.5) is 0 Å². The SMILES string of the molecule is CC(CO)(c1ccccc1)[N+](=O)[O-]. The third kappa shape index (κ3) is 1.67. The van der Waals surface area contributed by atoms with Crippen molar-refractivity contribution in [2.75, 3.05) is 6.61 Å². The van der Waals surface area contributed by atoms with Crippen molar-refractivity contribution in [3.05, 3.63) is 46.0 Å². The molecular weight excluding hydrogens is 170 g/mol. The smallest absolute Gasteiger partial charge is 0.266 e. The van der Waals surface area contributed by atoms with Crippen molar-refractivity contribution >= 4 is 0 Å². The van der Waals surface area contributed by atoms with Gasteiger partial charge in [-0.25, -0.2) is 0 Å². The molecule has 1 rings (SSSR count). The molecule has 0 bridgehead atoms. The van der Waals surface area contributed by atoms with Crippen molar-refractivity contribution in [2.24, 2.45) is 0 Å². The van der Waals surface area contributed by atoms with Crippen molar-refractivity contribution in [3.63, 3.8) is 0 Å². The Morgan fingerprint density at radius 3 is 2.38 bits per heavy atom. The number of hydrogen-bond donors (Lipinski definition) is 1. The Balaban J connectivity index is 3.11. The minimum Gasteiger partial charge on any atom is -0.389 e. The minimum absolute atomic E-state index is 0.470. The van der Waals surface area contributed by atoms with Crippen molar-refractivity contribution in [1.82, 2.24) is 0 Å². The van der Waals surface area contributed by atoms with Gasteiger partial charge in [-0.05, 0) is 0 Å². The fraction of sp³-hybridized carbons (Fsp3) is 0.333. The van der Waals surface area contributed by atoms with Crippen LogP contribution in [0.15, 0.2) is 30.3 Å². The van der Waals surface area contributed by atoms with E-state index in [9.17, 15) is 10.1 Å². The molecule has 1 aromatic rings. The number of aliphatic hydroxyl groups excluding tert-OH is 1. The highest BCUT2D eigenvalue weighted by Crippen LogP contribution is 2.22. The van der Waals surface area contributed by atoms with Crippen molar-refractivity contribution < 1.29 is 10.0 Å². The standard InChI is InChI=1S/C9H11NO3/c1-9(7-11,10(12)13)8-5-3-2-4-6-8/h2-6,11H,7H2,1H3. The average Bonchev–Trinajstić information content (AvgIpc) is 2.17. The summed E-state index contributed by atoms with van der Waals surface area (Å²) in [4.78, 5) is 10.2. The molecule has 1 aromatic carbocycles. The molecule has 0 spiro atoms. The first-order valence-electron chi connectivity index (χ1n) is 3.92. The molecule has 13 heavy (non-hydrogen) atoms. The van der Waals surface area contributed by atoms with Gasteiger partial charge >= 0.3 is 0 Å². The lowest BCUT2D eigenvalue weighted by Crippen LogP contribution is -2.35. The Morgan fingerprint density at radius 2 is 2.00 bits per heavy atom. The number of aliphatic hydroxyl groups is 1. The lowest BCUT2D eigenvalue weighted by atomic mass is 9.94. The van der Waals surface area contributed by atoms with Gasteiger partial charge in [0.25, 0.3) is 5.54 Å². The van der Waals surface area contributed by atoms with Gasteiger partial charge in [0, 0.05) is 17.4 Å². The fourth-order valence-electron chi connectivity index (χ4n) is 1.05. The van der Waals surface area contributed by atoms with E-state index in [-0.39, 0.29) is 0 Å². The summed E-state index contributed by atoms with van der Waals surface area (Å²) in [6.07, 6.45) is 0. The quantitative estimate of drug-likeness (QED) is 0.562. The molecule has 0 aromatic heterocycles. The van der Waals surface area contributed by atoms with E-state index in [0.717, 1.165) is 0 Å². The van der Waals surface area contributed by atoms with Gasteiger partial charge in [0.1, 0.15) is 6.61 Å². The van der Waals surface area contributed by atoms with E-state index in [1.54, 1.807) is 30.3 Å². The van der Waals surface area contributed by atoms with Gasteiger partial charge < -0.3 is 5.11 Å². The lowest BCUT2D eigenvalue weighted by Gasteiger charge is -2.18. The van der Waals surface area contributed by atoms with E-state index in [4.69, 9.17) is 5.11 Å². The summed E-state index contributed by atoms with van der Waals surface area (Å²) in [6, 6.07) is 8.48. The second kappa shape index (κ2) is 3.53. The number of hydrogen-bond acceptors (Lipinski definition) is 3. The van der Waals surface area contributed by atoms with E-state index >= 15 is 0 Å². The molecule has 0 heterocycles. The molecule has 0 amide bonds. The predicted molar refractivity (Wildman–Crippen MR) is 47.9 cm³/mol.